The van der Waals surface area contributed by atoms with Crippen LogP contribution < -0.4 is 5.32 Å². The number of rotatable bonds is 2. The Bertz CT molecular complexity index is 593. The number of phenolic OH excluding ortho intramolecular Hbond substituents is 1. The summed E-state index contributed by atoms with van der Waals surface area (Å²) in [6, 6.07) is 7.83. The smallest absolute Gasteiger partial charge is 0.115 e. The summed E-state index contributed by atoms with van der Waals surface area (Å²) < 4.78 is 0.869. The van der Waals surface area contributed by atoms with Gasteiger partial charge in [0.2, 0.25) is 0 Å². The molecule has 1 aromatic heterocycles. The highest BCUT2D eigenvalue weighted by Crippen LogP contribution is 2.41. The van der Waals surface area contributed by atoms with E-state index in [0.717, 1.165) is 28.4 Å². The minimum atomic E-state index is 0.309. The molecule has 0 saturated heterocycles. The first kappa shape index (κ1) is 11.9. The third kappa shape index (κ3) is 2.08. The van der Waals surface area contributed by atoms with Crippen LogP contribution in [-0.2, 0) is 6.42 Å². The molecule has 0 amide bonds. The summed E-state index contributed by atoms with van der Waals surface area (Å²) in [4.78, 5) is 1.40. The second kappa shape index (κ2) is 4.48. The minimum Gasteiger partial charge on any atom is -0.508 e. The highest BCUT2D eigenvalue weighted by Gasteiger charge is 2.25. The SMILES string of the molecule is Cc1cc(O)ccc1NC1CCc2sc(Cl)cc21. The monoisotopic (exact) mass is 279 g/mol. The molecule has 1 heterocycles. The molecule has 2 N–H and O–H groups in total. The topological polar surface area (TPSA) is 32.3 Å². The van der Waals surface area contributed by atoms with E-state index < -0.39 is 0 Å². The molecule has 18 heavy (non-hydrogen) atoms. The van der Waals surface area contributed by atoms with Gasteiger partial charge in [0.15, 0.2) is 0 Å². The van der Waals surface area contributed by atoms with Gasteiger partial charge in [0.25, 0.3) is 0 Å². The molecule has 0 aliphatic heterocycles. The predicted molar refractivity (Wildman–Crippen MR) is 76.9 cm³/mol. The lowest BCUT2D eigenvalue weighted by Crippen LogP contribution is -2.07. The number of nitrogens with one attached hydrogen (secondary N) is 1. The average molecular weight is 280 g/mol. The zero-order valence-corrected chi connectivity index (χ0v) is 11.6. The van der Waals surface area contributed by atoms with Gasteiger partial charge in [-0.15, -0.1) is 11.3 Å². The van der Waals surface area contributed by atoms with E-state index >= 15 is 0 Å². The van der Waals surface area contributed by atoms with E-state index in [2.05, 4.69) is 11.4 Å². The van der Waals surface area contributed by atoms with Crippen molar-refractivity contribution in [3.63, 3.8) is 0 Å². The predicted octanol–water partition coefficient (Wildman–Crippen LogP) is 4.51. The van der Waals surface area contributed by atoms with Crippen molar-refractivity contribution in [1.82, 2.24) is 0 Å². The van der Waals surface area contributed by atoms with Crippen molar-refractivity contribution in [2.45, 2.75) is 25.8 Å². The van der Waals surface area contributed by atoms with Gasteiger partial charge in [-0.1, -0.05) is 11.6 Å². The quantitative estimate of drug-likeness (QED) is 0.793. The Balaban J connectivity index is 1.85. The second-order valence-electron chi connectivity index (χ2n) is 4.66. The number of anilines is 1. The highest BCUT2D eigenvalue weighted by molar-refractivity contribution is 7.16. The first-order chi connectivity index (χ1) is 8.63. The number of fused-ring (bicyclic) bond motifs is 1. The van der Waals surface area contributed by atoms with Crippen molar-refractivity contribution in [1.29, 1.82) is 0 Å². The molecular formula is C14H14ClNOS. The summed E-state index contributed by atoms with van der Waals surface area (Å²) in [6.07, 6.45) is 2.21. The van der Waals surface area contributed by atoms with E-state index in [4.69, 9.17) is 11.6 Å². The first-order valence-corrected chi connectivity index (χ1v) is 7.17. The van der Waals surface area contributed by atoms with Gasteiger partial charge in [0, 0.05) is 10.6 Å². The number of benzene rings is 1. The lowest BCUT2D eigenvalue weighted by molar-refractivity contribution is 0.475. The Hall–Kier alpha value is -1.19. The molecule has 1 unspecified atom stereocenters. The van der Waals surface area contributed by atoms with Gasteiger partial charge in [-0.25, -0.2) is 0 Å². The molecule has 0 bridgehead atoms. The van der Waals surface area contributed by atoms with Crippen LogP contribution in [0.5, 0.6) is 5.75 Å². The summed E-state index contributed by atoms with van der Waals surface area (Å²) in [5.74, 6) is 0.309. The number of hydrogen-bond acceptors (Lipinski definition) is 3. The van der Waals surface area contributed by atoms with Crippen molar-refractivity contribution in [3.8, 4) is 5.75 Å². The van der Waals surface area contributed by atoms with Gasteiger partial charge in [-0.2, -0.15) is 0 Å². The first-order valence-electron chi connectivity index (χ1n) is 5.98. The van der Waals surface area contributed by atoms with Crippen molar-refractivity contribution in [3.05, 3.63) is 44.6 Å². The fourth-order valence-corrected chi connectivity index (χ4v) is 3.83. The molecular weight excluding hydrogens is 266 g/mol. The second-order valence-corrected chi connectivity index (χ2v) is 6.43. The molecule has 2 nitrogen and oxygen atoms in total. The third-order valence-corrected chi connectivity index (χ3v) is 4.73. The summed E-state index contributed by atoms with van der Waals surface area (Å²) >= 11 is 7.74. The summed E-state index contributed by atoms with van der Waals surface area (Å²) in [7, 11) is 0. The van der Waals surface area contributed by atoms with Crippen LogP contribution in [0.25, 0.3) is 0 Å². The molecule has 3 rings (SSSR count). The maximum atomic E-state index is 9.42. The van der Waals surface area contributed by atoms with E-state index in [-0.39, 0.29) is 0 Å². The van der Waals surface area contributed by atoms with Crippen LogP contribution in [-0.4, -0.2) is 5.11 Å². The van der Waals surface area contributed by atoms with Crippen molar-refractivity contribution in [2.75, 3.05) is 5.32 Å². The zero-order valence-electron chi connectivity index (χ0n) is 10.0. The Kier molecular flexibility index (Phi) is 2.96. The zero-order chi connectivity index (χ0) is 12.7. The molecule has 1 atom stereocenters. The molecule has 0 fully saturated rings. The molecule has 0 spiro atoms. The van der Waals surface area contributed by atoms with Gasteiger partial charge in [0.1, 0.15) is 5.75 Å². The Morgan fingerprint density at radius 3 is 3.00 bits per heavy atom. The van der Waals surface area contributed by atoms with E-state index in [0.29, 0.717) is 11.8 Å². The lowest BCUT2D eigenvalue weighted by atomic mass is 10.1. The third-order valence-electron chi connectivity index (χ3n) is 3.39. The molecule has 4 heteroatoms. The van der Waals surface area contributed by atoms with Crippen LogP contribution in [0.3, 0.4) is 0 Å². The van der Waals surface area contributed by atoms with Gasteiger partial charge >= 0.3 is 0 Å². The molecule has 0 saturated carbocycles. The van der Waals surface area contributed by atoms with Crippen molar-refractivity contribution >= 4 is 28.6 Å². The number of aromatic hydroxyl groups is 1. The van der Waals surface area contributed by atoms with E-state index in [1.165, 1.54) is 10.4 Å². The number of halogens is 1. The summed E-state index contributed by atoms with van der Waals surface area (Å²) in [5, 5.41) is 13.0. The standard InChI is InChI=1S/C14H14ClNOS/c1-8-6-9(17)2-3-11(8)16-12-4-5-13-10(12)7-14(15)18-13/h2-3,6-7,12,16-17H,4-5H2,1H3. The van der Waals surface area contributed by atoms with E-state index in [9.17, 15) is 5.11 Å². The van der Waals surface area contributed by atoms with Crippen LogP contribution in [0, 0.1) is 6.92 Å². The molecule has 1 aliphatic carbocycles. The number of hydrogen-bond donors (Lipinski definition) is 2. The summed E-state index contributed by atoms with van der Waals surface area (Å²) in [5.41, 5.74) is 3.47. The van der Waals surface area contributed by atoms with E-state index in [1.807, 2.05) is 13.0 Å². The fourth-order valence-electron chi connectivity index (χ4n) is 2.48. The minimum absolute atomic E-state index is 0.309. The van der Waals surface area contributed by atoms with Gasteiger partial charge in [-0.05, 0) is 55.2 Å². The van der Waals surface area contributed by atoms with Crippen molar-refractivity contribution < 1.29 is 5.11 Å². The van der Waals surface area contributed by atoms with Crippen LogP contribution >= 0.6 is 22.9 Å². The van der Waals surface area contributed by atoms with Gasteiger partial charge < -0.3 is 10.4 Å². The number of phenols is 1. The van der Waals surface area contributed by atoms with Crippen LogP contribution in [0.2, 0.25) is 4.34 Å². The number of thiophene rings is 1. The lowest BCUT2D eigenvalue weighted by Gasteiger charge is -2.16. The average Bonchev–Trinajstić information content (AvgIpc) is 2.83. The van der Waals surface area contributed by atoms with Gasteiger partial charge in [-0.3, -0.25) is 0 Å². The molecule has 2 aromatic rings. The summed E-state index contributed by atoms with van der Waals surface area (Å²) in [6.45, 7) is 2.00. The number of aryl methyl sites for hydroxylation is 2. The highest BCUT2D eigenvalue weighted by atomic mass is 35.5. The Morgan fingerprint density at radius 2 is 2.22 bits per heavy atom. The maximum absolute atomic E-state index is 9.42. The van der Waals surface area contributed by atoms with Crippen molar-refractivity contribution in [2.24, 2.45) is 0 Å². The van der Waals surface area contributed by atoms with Crippen LogP contribution in [0.4, 0.5) is 5.69 Å². The normalized spacial score (nSPS) is 17.8. The fraction of sp³-hybridized carbons (Fsp3) is 0.286. The van der Waals surface area contributed by atoms with Crippen LogP contribution in [0.15, 0.2) is 24.3 Å². The van der Waals surface area contributed by atoms with Crippen LogP contribution in [0.1, 0.15) is 28.5 Å². The van der Waals surface area contributed by atoms with E-state index in [1.54, 1.807) is 23.5 Å². The maximum Gasteiger partial charge on any atom is 0.115 e. The van der Waals surface area contributed by atoms with Gasteiger partial charge in [0.05, 0.1) is 10.4 Å². The Labute approximate surface area is 115 Å². The molecule has 1 aliphatic rings. The Morgan fingerprint density at radius 1 is 1.39 bits per heavy atom. The molecule has 1 aromatic carbocycles. The largest absolute Gasteiger partial charge is 0.508 e. The molecule has 0 radical (unpaired) electrons. The molecule has 94 valence electrons.